The van der Waals surface area contributed by atoms with Gasteiger partial charge in [-0.05, 0) is 87.1 Å². The SMILES string of the molecule is CC1(C)CCC(C)(C)c2cc(Cc3ccc4c(c3)C(C)(C)CCC4(C)C)ccc21. The summed E-state index contributed by atoms with van der Waals surface area (Å²) in [5.41, 5.74) is 10.3. The van der Waals surface area contributed by atoms with Gasteiger partial charge in [-0.15, -0.1) is 0 Å². The van der Waals surface area contributed by atoms with Crippen LogP contribution in [0, 0.1) is 0 Å². The molecule has 29 heavy (non-hydrogen) atoms. The summed E-state index contributed by atoms with van der Waals surface area (Å²) >= 11 is 0. The molecular weight excluding hydrogens is 348 g/mol. The third-order valence-electron chi connectivity index (χ3n) is 8.24. The van der Waals surface area contributed by atoms with E-state index in [0.29, 0.717) is 10.8 Å². The van der Waals surface area contributed by atoms with Gasteiger partial charge in [0.2, 0.25) is 0 Å². The standard InChI is InChI=1S/C29H40/c1-26(2)13-15-28(5,6)24-18-20(9-11-22(24)26)17-21-10-12-23-25(19-21)29(7,8)16-14-27(23,3)4/h9-12,18-19H,13-17H2,1-8H3. The molecule has 2 aromatic rings. The zero-order valence-corrected chi connectivity index (χ0v) is 20.0. The summed E-state index contributed by atoms with van der Waals surface area (Å²) in [5, 5.41) is 0. The maximum Gasteiger partial charge on any atom is -0.00256 e. The highest BCUT2D eigenvalue weighted by Crippen LogP contribution is 2.47. The Morgan fingerprint density at radius 1 is 0.483 bits per heavy atom. The van der Waals surface area contributed by atoms with Gasteiger partial charge >= 0.3 is 0 Å². The minimum atomic E-state index is 0.280. The molecule has 0 radical (unpaired) electrons. The van der Waals surface area contributed by atoms with E-state index < -0.39 is 0 Å². The molecule has 0 fully saturated rings. The highest BCUT2D eigenvalue weighted by Gasteiger charge is 2.38. The lowest BCUT2D eigenvalue weighted by Gasteiger charge is -2.42. The predicted octanol–water partition coefficient (Wildman–Crippen LogP) is 7.98. The fourth-order valence-electron chi connectivity index (χ4n) is 5.73. The zero-order valence-electron chi connectivity index (χ0n) is 20.0. The highest BCUT2D eigenvalue weighted by atomic mass is 14.4. The molecule has 4 rings (SSSR count). The van der Waals surface area contributed by atoms with Crippen molar-refractivity contribution in [3.05, 3.63) is 69.8 Å². The van der Waals surface area contributed by atoms with Gasteiger partial charge in [0.25, 0.3) is 0 Å². The molecule has 0 heterocycles. The van der Waals surface area contributed by atoms with E-state index in [-0.39, 0.29) is 10.8 Å². The van der Waals surface area contributed by atoms with E-state index in [4.69, 9.17) is 0 Å². The lowest BCUT2D eigenvalue weighted by atomic mass is 9.62. The van der Waals surface area contributed by atoms with Crippen molar-refractivity contribution in [2.24, 2.45) is 0 Å². The number of hydrogen-bond acceptors (Lipinski definition) is 0. The van der Waals surface area contributed by atoms with Crippen LogP contribution in [0.5, 0.6) is 0 Å². The quantitative estimate of drug-likeness (QED) is 0.489. The van der Waals surface area contributed by atoms with Crippen molar-refractivity contribution in [1.29, 1.82) is 0 Å². The van der Waals surface area contributed by atoms with Gasteiger partial charge in [-0.2, -0.15) is 0 Å². The van der Waals surface area contributed by atoms with Crippen molar-refractivity contribution in [3.63, 3.8) is 0 Å². The molecule has 0 unspecified atom stereocenters. The number of rotatable bonds is 2. The predicted molar refractivity (Wildman–Crippen MR) is 126 cm³/mol. The van der Waals surface area contributed by atoms with Crippen molar-refractivity contribution in [2.75, 3.05) is 0 Å². The summed E-state index contributed by atoms with van der Waals surface area (Å²) in [5.74, 6) is 0. The first-order valence-electron chi connectivity index (χ1n) is 11.6. The van der Waals surface area contributed by atoms with E-state index in [2.05, 4.69) is 91.8 Å². The van der Waals surface area contributed by atoms with E-state index >= 15 is 0 Å². The Hall–Kier alpha value is -1.56. The van der Waals surface area contributed by atoms with Crippen LogP contribution in [0.4, 0.5) is 0 Å². The minimum absolute atomic E-state index is 0.280. The van der Waals surface area contributed by atoms with Crippen LogP contribution in [0.3, 0.4) is 0 Å². The Morgan fingerprint density at radius 3 is 1.14 bits per heavy atom. The molecule has 0 bridgehead atoms. The second-order valence-electron chi connectivity index (χ2n) is 12.5. The van der Waals surface area contributed by atoms with Gasteiger partial charge in [-0.3, -0.25) is 0 Å². The Labute approximate surface area is 179 Å². The Kier molecular flexibility index (Phi) is 4.62. The minimum Gasteiger partial charge on any atom is -0.0584 e. The number of benzene rings is 2. The summed E-state index contributed by atoms with van der Waals surface area (Å²) in [6.07, 6.45) is 6.15. The topological polar surface area (TPSA) is 0 Å². The Balaban J connectivity index is 1.71. The van der Waals surface area contributed by atoms with E-state index in [1.165, 1.54) is 36.8 Å². The molecule has 0 aromatic heterocycles. The fourth-order valence-corrected chi connectivity index (χ4v) is 5.73. The molecule has 0 amide bonds. The molecule has 0 spiro atoms. The van der Waals surface area contributed by atoms with Crippen LogP contribution in [-0.2, 0) is 28.1 Å². The summed E-state index contributed by atoms with van der Waals surface area (Å²) in [4.78, 5) is 0. The maximum absolute atomic E-state index is 2.52. The molecule has 2 aliphatic carbocycles. The summed E-state index contributed by atoms with van der Waals surface area (Å²) in [7, 11) is 0. The molecule has 0 nitrogen and oxygen atoms in total. The Morgan fingerprint density at radius 2 is 0.793 bits per heavy atom. The maximum atomic E-state index is 2.52. The van der Waals surface area contributed by atoms with Crippen molar-refractivity contribution >= 4 is 0 Å². The van der Waals surface area contributed by atoms with Gasteiger partial charge in [-0.1, -0.05) is 91.8 Å². The van der Waals surface area contributed by atoms with Crippen LogP contribution in [0.25, 0.3) is 0 Å². The molecule has 2 aliphatic rings. The lowest BCUT2D eigenvalue weighted by molar-refractivity contribution is 0.331. The largest absolute Gasteiger partial charge is 0.0584 e. The average Bonchev–Trinajstić information content (AvgIpc) is 2.63. The molecule has 0 heteroatoms. The van der Waals surface area contributed by atoms with Gasteiger partial charge in [0, 0.05) is 0 Å². The van der Waals surface area contributed by atoms with Gasteiger partial charge in [0.05, 0.1) is 0 Å². The number of fused-ring (bicyclic) bond motifs is 2. The van der Waals surface area contributed by atoms with E-state index in [1.807, 2.05) is 0 Å². The van der Waals surface area contributed by atoms with Crippen LogP contribution in [0.15, 0.2) is 36.4 Å². The lowest BCUT2D eigenvalue weighted by Crippen LogP contribution is -2.34. The van der Waals surface area contributed by atoms with Crippen LogP contribution in [-0.4, -0.2) is 0 Å². The summed E-state index contributed by atoms with van der Waals surface area (Å²) in [6.45, 7) is 19.3. The summed E-state index contributed by atoms with van der Waals surface area (Å²) in [6, 6.07) is 14.7. The summed E-state index contributed by atoms with van der Waals surface area (Å²) < 4.78 is 0. The third kappa shape index (κ3) is 3.58. The first-order chi connectivity index (χ1) is 13.3. The van der Waals surface area contributed by atoms with Crippen molar-refractivity contribution in [3.8, 4) is 0 Å². The van der Waals surface area contributed by atoms with Gasteiger partial charge in [0.1, 0.15) is 0 Å². The van der Waals surface area contributed by atoms with E-state index in [1.54, 1.807) is 22.3 Å². The second kappa shape index (κ2) is 6.47. The van der Waals surface area contributed by atoms with Crippen LogP contribution >= 0.6 is 0 Å². The average molecular weight is 389 g/mol. The first-order valence-corrected chi connectivity index (χ1v) is 11.6. The van der Waals surface area contributed by atoms with Gasteiger partial charge < -0.3 is 0 Å². The normalized spacial score (nSPS) is 23.2. The smallest absolute Gasteiger partial charge is 0.00256 e. The van der Waals surface area contributed by atoms with E-state index in [9.17, 15) is 0 Å². The monoisotopic (exact) mass is 388 g/mol. The van der Waals surface area contributed by atoms with Crippen LogP contribution in [0.2, 0.25) is 0 Å². The molecule has 0 N–H and O–H groups in total. The number of hydrogen-bond donors (Lipinski definition) is 0. The first kappa shape index (κ1) is 20.7. The molecular formula is C29H40. The molecule has 156 valence electrons. The fraction of sp³-hybridized carbons (Fsp3) is 0.586. The second-order valence-corrected chi connectivity index (χ2v) is 12.5. The third-order valence-corrected chi connectivity index (χ3v) is 8.24. The molecule has 0 saturated heterocycles. The zero-order chi connectivity index (χ0) is 21.2. The van der Waals surface area contributed by atoms with Crippen LogP contribution < -0.4 is 0 Å². The molecule has 0 saturated carbocycles. The molecule has 0 aliphatic heterocycles. The molecule has 2 aromatic carbocycles. The van der Waals surface area contributed by atoms with Crippen LogP contribution in [0.1, 0.15) is 114 Å². The van der Waals surface area contributed by atoms with Gasteiger partial charge in [0.15, 0.2) is 0 Å². The van der Waals surface area contributed by atoms with Gasteiger partial charge in [-0.25, -0.2) is 0 Å². The molecule has 0 atom stereocenters. The Bertz CT molecular complexity index is 859. The van der Waals surface area contributed by atoms with Crippen molar-refractivity contribution in [1.82, 2.24) is 0 Å². The van der Waals surface area contributed by atoms with Crippen molar-refractivity contribution in [2.45, 2.75) is 109 Å². The van der Waals surface area contributed by atoms with E-state index in [0.717, 1.165) is 6.42 Å². The highest BCUT2D eigenvalue weighted by molar-refractivity contribution is 5.47. The van der Waals surface area contributed by atoms with Crippen molar-refractivity contribution < 1.29 is 0 Å².